The van der Waals surface area contributed by atoms with E-state index in [1.54, 1.807) is 13.8 Å². The van der Waals surface area contributed by atoms with Crippen LogP contribution < -0.4 is 5.73 Å². The van der Waals surface area contributed by atoms with E-state index in [1.807, 2.05) is 18.2 Å². The molecule has 2 aliphatic rings. The second kappa shape index (κ2) is 4.33. The van der Waals surface area contributed by atoms with Crippen molar-refractivity contribution in [1.29, 1.82) is 0 Å². The molecule has 0 heterocycles. The van der Waals surface area contributed by atoms with Gasteiger partial charge in [-0.05, 0) is 13.8 Å². The molecule has 0 aromatic heterocycles. The number of benzene rings is 1. The van der Waals surface area contributed by atoms with Gasteiger partial charge in [-0.3, -0.25) is 0 Å². The minimum Gasteiger partial charge on any atom is -0.398 e. The molecule has 0 spiro atoms. The van der Waals surface area contributed by atoms with Crippen molar-refractivity contribution in [3.05, 3.63) is 18.2 Å². The van der Waals surface area contributed by atoms with E-state index < -0.39 is 0 Å². The van der Waals surface area contributed by atoms with Crippen molar-refractivity contribution in [2.24, 2.45) is 0 Å². The molecule has 3 heteroatoms. The Bertz CT molecular complexity index is 238. The Morgan fingerprint density at radius 1 is 1.25 bits per heavy atom. The quantitative estimate of drug-likeness (QED) is 0.621. The van der Waals surface area contributed by atoms with Gasteiger partial charge in [0.25, 0.3) is 0 Å². The van der Waals surface area contributed by atoms with Crippen LogP contribution in [0.3, 0.4) is 0 Å². The van der Waals surface area contributed by atoms with Crippen molar-refractivity contribution in [1.82, 2.24) is 0 Å². The number of nitrogens with two attached hydrogens (primary N) is 1. The first-order chi connectivity index (χ1) is 5.13. The number of hydrogen-bond donors (Lipinski definition) is 2. The number of hydrogen-bond acceptors (Lipinski definition) is 2. The number of rotatable bonds is 0. The molecular weight excluding hydrogens is 174 g/mol. The summed E-state index contributed by atoms with van der Waals surface area (Å²) < 4.78 is 0. The molecule has 2 nitrogen and oxygen atoms in total. The maximum Gasteiger partial charge on any atom is 0.0483 e. The average Bonchev–Trinajstić information content (AvgIpc) is 2.41. The molecule has 3 N–H and O–H groups in total. The highest BCUT2D eigenvalue weighted by molar-refractivity contribution is 6.02. The molecule has 0 atom stereocenters. The predicted molar refractivity (Wildman–Crippen MR) is 54.5 cm³/mol. The fourth-order valence-corrected chi connectivity index (χ4v) is 0.833. The highest BCUT2D eigenvalue weighted by Gasteiger charge is 2.18. The van der Waals surface area contributed by atoms with E-state index in [0.717, 1.165) is 5.69 Å². The highest BCUT2D eigenvalue weighted by atomic mass is 35.5. The lowest BCUT2D eigenvalue weighted by molar-refractivity contribution is 0.216. The van der Waals surface area contributed by atoms with Gasteiger partial charge in [-0.15, -0.1) is 12.4 Å². The first kappa shape index (κ1) is 11.3. The van der Waals surface area contributed by atoms with E-state index in [2.05, 4.69) is 0 Å². The minimum absolute atomic E-state index is 0. The molecule has 0 amide bonds. The fourth-order valence-electron chi connectivity index (χ4n) is 0.833. The van der Waals surface area contributed by atoms with Crippen LogP contribution in [-0.2, 0) is 0 Å². The number of halogens is 1. The summed E-state index contributed by atoms with van der Waals surface area (Å²) in [6, 6.07) is 6.08. The number of para-hydroxylation sites is 1. The Labute approximate surface area is 78.8 Å². The van der Waals surface area contributed by atoms with Crippen LogP contribution in [0.25, 0.3) is 11.1 Å². The van der Waals surface area contributed by atoms with Crippen LogP contribution in [0, 0.1) is 0 Å². The van der Waals surface area contributed by atoms with Gasteiger partial charge in [-0.2, -0.15) is 0 Å². The van der Waals surface area contributed by atoms with Crippen molar-refractivity contribution in [3.8, 4) is 11.1 Å². The van der Waals surface area contributed by atoms with Crippen LogP contribution in [0.1, 0.15) is 13.8 Å². The molecule has 0 bridgehead atoms. The molecule has 0 unspecified atom stereocenters. The Hall–Kier alpha value is -0.730. The molecule has 12 heavy (non-hydrogen) atoms. The summed E-state index contributed by atoms with van der Waals surface area (Å²) >= 11 is 0. The van der Waals surface area contributed by atoms with Crippen LogP contribution in [0.4, 0.5) is 5.69 Å². The molecule has 2 aliphatic carbocycles. The van der Waals surface area contributed by atoms with Crippen LogP contribution in [0.5, 0.6) is 0 Å². The van der Waals surface area contributed by atoms with Gasteiger partial charge in [0.2, 0.25) is 0 Å². The molecule has 2 rings (SSSR count). The smallest absolute Gasteiger partial charge is 0.0483 e. The second-order valence-electron chi connectivity index (χ2n) is 2.86. The number of anilines is 1. The first-order valence-electron chi connectivity index (χ1n) is 3.70. The van der Waals surface area contributed by atoms with Crippen LogP contribution in [-0.4, -0.2) is 11.2 Å². The molecule has 0 saturated heterocycles. The third-order valence-corrected chi connectivity index (χ3v) is 1.33. The highest BCUT2D eigenvalue weighted by Crippen LogP contribution is 2.45. The molecule has 68 valence electrons. The van der Waals surface area contributed by atoms with E-state index in [-0.39, 0.29) is 18.5 Å². The van der Waals surface area contributed by atoms with E-state index in [9.17, 15) is 0 Å². The lowest BCUT2D eigenvalue weighted by atomic mass is 10.5. The summed E-state index contributed by atoms with van der Waals surface area (Å²) in [6.07, 6.45) is -0.167. The van der Waals surface area contributed by atoms with Crippen molar-refractivity contribution in [2.75, 3.05) is 5.73 Å². The standard InChI is InChI=1S/C6H5N.C3H8O.ClH/c7-6-4-2-1-3-5(4)6;1-3(2)4;/h1-3H,7H2;3-4H,1-2H3;1H. The monoisotopic (exact) mass is 187 g/mol. The van der Waals surface area contributed by atoms with Gasteiger partial charge >= 0.3 is 0 Å². The number of fused-ring (bicyclic) bond motifs is 1. The Morgan fingerprint density at radius 2 is 1.58 bits per heavy atom. The number of aliphatic hydroxyl groups is 1. The summed E-state index contributed by atoms with van der Waals surface area (Å²) in [5.41, 5.74) is 8.92. The number of aliphatic hydroxyl groups excluding tert-OH is 1. The van der Waals surface area contributed by atoms with Crippen molar-refractivity contribution < 1.29 is 5.11 Å². The normalized spacial score (nSPS) is 9.67. The van der Waals surface area contributed by atoms with Gasteiger partial charge in [-0.1, -0.05) is 18.2 Å². The summed E-state index contributed by atoms with van der Waals surface area (Å²) in [5, 5.41) is 8.06. The Kier molecular flexibility index (Phi) is 4.07. The number of nitrogen functional groups attached to an aromatic ring is 1. The zero-order valence-corrected chi connectivity index (χ0v) is 8.06. The third kappa shape index (κ3) is 2.72. The maximum absolute atomic E-state index is 8.06. The third-order valence-electron chi connectivity index (χ3n) is 1.33. The van der Waals surface area contributed by atoms with Gasteiger partial charge in [0.05, 0.1) is 0 Å². The SMILES string of the molecule is CC(C)O.Cl.Nc1c2cccc1-2. The largest absolute Gasteiger partial charge is 0.398 e. The van der Waals surface area contributed by atoms with E-state index in [1.165, 1.54) is 11.1 Å². The van der Waals surface area contributed by atoms with Gasteiger partial charge < -0.3 is 10.8 Å². The Morgan fingerprint density at radius 3 is 1.75 bits per heavy atom. The van der Waals surface area contributed by atoms with E-state index in [4.69, 9.17) is 10.8 Å². The van der Waals surface area contributed by atoms with Gasteiger partial charge in [0, 0.05) is 22.9 Å². The van der Waals surface area contributed by atoms with E-state index in [0.29, 0.717) is 0 Å². The van der Waals surface area contributed by atoms with Crippen LogP contribution in [0.2, 0.25) is 0 Å². The minimum atomic E-state index is -0.167. The van der Waals surface area contributed by atoms with Crippen molar-refractivity contribution >= 4 is 18.1 Å². The summed E-state index contributed by atoms with van der Waals surface area (Å²) in [4.78, 5) is 0. The predicted octanol–water partition coefficient (Wildman–Crippen LogP) is 2.06. The molecule has 0 saturated carbocycles. The lowest BCUT2D eigenvalue weighted by Crippen LogP contribution is -1.85. The lowest BCUT2D eigenvalue weighted by Gasteiger charge is -1.80. The molecule has 0 aromatic carbocycles. The van der Waals surface area contributed by atoms with E-state index >= 15 is 0 Å². The maximum atomic E-state index is 8.06. The molecule has 0 radical (unpaired) electrons. The molecule has 0 aliphatic heterocycles. The summed E-state index contributed by atoms with van der Waals surface area (Å²) in [5.74, 6) is 0. The molecule has 0 fully saturated rings. The van der Waals surface area contributed by atoms with Crippen LogP contribution in [0.15, 0.2) is 18.2 Å². The van der Waals surface area contributed by atoms with Crippen molar-refractivity contribution in [2.45, 2.75) is 20.0 Å². The zero-order valence-electron chi connectivity index (χ0n) is 7.24. The van der Waals surface area contributed by atoms with Crippen LogP contribution >= 0.6 is 12.4 Å². The van der Waals surface area contributed by atoms with Gasteiger partial charge in [-0.25, -0.2) is 0 Å². The van der Waals surface area contributed by atoms with Crippen molar-refractivity contribution in [3.63, 3.8) is 0 Å². The topological polar surface area (TPSA) is 46.2 Å². The zero-order chi connectivity index (χ0) is 8.43. The van der Waals surface area contributed by atoms with Gasteiger partial charge in [0.15, 0.2) is 0 Å². The summed E-state index contributed by atoms with van der Waals surface area (Å²) in [6.45, 7) is 3.44. The first-order valence-corrected chi connectivity index (χ1v) is 3.70. The summed E-state index contributed by atoms with van der Waals surface area (Å²) in [7, 11) is 0. The average molecular weight is 188 g/mol. The second-order valence-corrected chi connectivity index (χ2v) is 2.86. The molecular formula is C9H14ClNO. The Balaban J connectivity index is 0.000000217. The van der Waals surface area contributed by atoms with Gasteiger partial charge in [0.1, 0.15) is 0 Å². The fraction of sp³-hybridized carbons (Fsp3) is 0.333. The molecule has 0 aromatic rings.